The van der Waals surface area contributed by atoms with E-state index in [4.69, 9.17) is 11.6 Å². The van der Waals surface area contributed by atoms with Gasteiger partial charge < -0.3 is 4.57 Å². The van der Waals surface area contributed by atoms with Gasteiger partial charge in [-0.1, -0.05) is 0 Å². The van der Waals surface area contributed by atoms with Gasteiger partial charge in [-0.2, -0.15) is 5.10 Å². The molecule has 2 heterocycles. The molecule has 0 atom stereocenters. The Balaban J connectivity index is 2.01. The molecule has 0 aliphatic heterocycles. The maximum absolute atomic E-state index is 14.0. The Morgan fingerprint density at radius 2 is 2.05 bits per heavy atom. The van der Waals surface area contributed by atoms with Crippen LogP contribution in [0.4, 0.5) is 8.78 Å². The molecule has 4 nitrogen and oxygen atoms in total. The van der Waals surface area contributed by atoms with Crippen LogP contribution in [0.15, 0.2) is 24.5 Å². The first-order valence-electron chi connectivity index (χ1n) is 6.48. The molecule has 2 aromatic heterocycles. The second kappa shape index (κ2) is 5.44. The molecule has 0 aliphatic rings. The van der Waals surface area contributed by atoms with Crippen molar-refractivity contribution in [2.75, 3.05) is 0 Å². The number of benzene rings is 1. The Labute approximate surface area is 125 Å². The van der Waals surface area contributed by atoms with Crippen molar-refractivity contribution in [3.05, 3.63) is 47.5 Å². The van der Waals surface area contributed by atoms with Crippen molar-refractivity contribution in [2.24, 2.45) is 0 Å². The normalized spacial score (nSPS) is 11.4. The predicted octanol–water partition coefficient (Wildman–Crippen LogP) is 3.26. The molecule has 0 saturated heterocycles. The lowest BCUT2D eigenvalue weighted by Crippen LogP contribution is -2.11. The number of hydrogen-bond acceptors (Lipinski definition) is 2. The molecule has 0 saturated carbocycles. The number of nitrogens with zero attached hydrogens (tertiary/aromatic N) is 4. The molecule has 0 unspecified atom stereocenters. The lowest BCUT2D eigenvalue weighted by molar-refractivity contribution is 0.499. The number of hydrogen-bond donors (Lipinski definition) is 0. The summed E-state index contributed by atoms with van der Waals surface area (Å²) in [6.07, 6.45) is 3.63. The molecule has 21 heavy (non-hydrogen) atoms. The minimum Gasteiger partial charge on any atom is -0.323 e. The highest BCUT2D eigenvalue weighted by Crippen LogP contribution is 2.23. The summed E-state index contributed by atoms with van der Waals surface area (Å²) in [6.45, 7) is 2.88. The van der Waals surface area contributed by atoms with E-state index in [9.17, 15) is 8.78 Å². The number of rotatable bonds is 4. The summed E-state index contributed by atoms with van der Waals surface area (Å²) in [5.41, 5.74) is 1.59. The molecule has 110 valence electrons. The van der Waals surface area contributed by atoms with Gasteiger partial charge in [0.1, 0.15) is 11.3 Å². The maximum atomic E-state index is 14.0. The monoisotopic (exact) mass is 310 g/mol. The first-order chi connectivity index (χ1) is 10.1. The Hall–Kier alpha value is -1.95. The third-order valence-corrected chi connectivity index (χ3v) is 3.55. The summed E-state index contributed by atoms with van der Waals surface area (Å²) in [7, 11) is 0. The van der Waals surface area contributed by atoms with Crippen LogP contribution < -0.4 is 0 Å². The lowest BCUT2D eigenvalue weighted by atomic mass is 10.3. The molecule has 7 heteroatoms. The van der Waals surface area contributed by atoms with E-state index >= 15 is 0 Å². The number of aromatic nitrogens is 4. The molecule has 0 radical (unpaired) electrons. The summed E-state index contributed by atoms with van der Waals surface area (Å²) in [4.78, 5) is 4.25. The van der Waals surface area contributed by atoms with Gasteiger partial charge in [0.2, 0.25) is 0 Å². The van der Waals surface area contributed by atoms with Crippen LogP contribution in [0.3, 0.4) is 0 Å². The number of imidazole rings is 1. The van der Waals surface area contributed by atoms with Gasteiger partial charge in [-0.05, 0) is 24.6 Å². The zero-order chi connectivity index (χ0) is 15.0. The van der Waals surface area contributed by atoms with Gasteiger partial charge in [-0.15, -0.1) is 11.6 Å². The Bertz CT molecular complexity index is 794. The standard InChI is InChI=1S/C14H13ClF2N4/c1-9-7-18-20(8-9)4-5-21-12(6-15)19-11-3-2-10(16)13(17)14(11)21/h2-3,7-8H,4-6H2,1H3. The van der Waals surface area contributed by atoms with E-state index in [1.165, 1.54) is 6.07 Å². The van der Waals surface area contributed by atoms with Gasteiger partial charge >= 0.3 is 0 Å². The average molecular weight is 311 g/mol. The topological polar surface area (TPSA) is 35.6 Å². The molecule has 0 bridgehead atoms. The highest BCUT2D eigenvalue weighted by atomic mass is 35.5. The van der Waals surface area contributed by atoms with Crippen LogP contribution in [0.1, 0.15) is 11.4 Å². The largest absolute Gasteiger partial charge is 0.323 e. The van der Waals surface area contributed by atoms with E-state index in [1.807, 2.05) is 13.1 Å². The fourth-order valence-electron chi connectivity index (χ4n) is 2.34. The van der Waals surface area contributed by atoms with Gasteiger partial charge in [-0.3, -0.25) is 4.68 Å². The van der Waals surface area contributed by atoms with Crippen molar-refractivity contribution in [3.8, 4) is 0 Å². The summed E-state index contributed by atoms with van der Waals surface area (Å²) in [6, 6.07) is 2.53. The number of fused-ring (bicyclic) bond motifs is 1. The van der Waals surface area contributed by atoms with Gasteiger partial charge in [0.05, 0.1) is 24.1 Å². The van der Waals surface area contributed by atoms with E-state index in [1.54, 1.807) is 15.4 Å². The summed E-state index contributed by atoms with van der Waals surface area (Å²) < 4.78 is 30.8. The van der Waals surface area contributed by atoms with Crippen LogP contribution in [-0.2, 0) is 19.0 Å². The summed E-state index contributed by atoms with van der Waals surface area (Å²) in [5.74, 6) is -1.14. The summed E-state index contributed by atoms with van der Waals surface area (Å²) in [5, 5.41) is 4.17. The minimum absolute atomic E-state index is 0.133. The third-order valence-electron chi connectivity index (χ3n) is 3.31. The third kappa shape index (κ3) is 2.51. The number of aryl methyl sites for hydroxylation is 3. The van der Waals surface area contributed by atoms with Gasteiger partial charge in [0, 0.05) is 12.7 Å². The molecule has 0 N–H and O–H groups in total. The molecule has 1 aromatic carbocycles. The number of alkyl halides is 1. The van der Waals surface area contributed by atoms with Crippen LogP contribution in [0.25, 0.3) is 11.0 Å². The van der Waals surface area contributed by atoms with Crippen LogP contribution in [-0.4, -0.2) is 19.3 Å². The minimum atomic E-state index is -0.895. The van der Waals surface area contributed by atoms with Gasteiger partial charge in [-0.25, -0.2) is 13.8 Å². The van der Waals surface area contributed by atoms with Crippen molar-refractivity contribution in [3.63, 3.8) is 0 Å². The molecule has 0 aliphatic carbocycles. The van der Waals surface area contributed by atoms with Crippen molar-refractivity contribution < 1.29 is 8.78 Å². The molecule has 0 amide bonds. The van der Waals surface area contributed by atoms with E-state index in [2.05, 4.69) is 10.1 Å². The zero-order valence-corrected chi connectivity index (χ0v) is 12.1. The smallest absolute Gasteiger partial charge is 0.184 e. The van der Waals surface area contributed by atoms with Crippen molar-refractivity contribution in [1.82, 2.24) is 19.3 Å². The first-order valence-corrected chi connectivity index (χ1v) is 7.01. The Morgan fingerprint density at radius 3 is 2.71 bits per heavy atom. The first kappa shape index (κ1) is 14.0. The predicted molar refractivity (Wildman–Crippen MR) is 76.2 cm³/mol. The fraction of sp³-hybridized carbons (Fsp3) is 0.286. The van der Waals surface area contributed by atoms with Crippen molar-refractivity contribution >= 4 is 22.6 Å². The van der Waals surface area contributed by atoms with Crippen LogP contribution in [0.5, 0.6) is 0 Å². The quantitative estimate of drug-likeness (QED) is 0.693. The molecule has 0 fully saturated rings. The van der Waals surface area contributed by atoms with Crippen molar-refractivity contribution in [1.29, 1.82) is 0 Å². The maximum Gasteiger partial charge on any atom is 0.184 e. The van der Waals surface area contributed by atoms with Crippen LogP contribution in [0.2, 0.25) is 0 Å². The Kier molecular flexibility index (Phi) is 3.63. The van der Waals surface area contributed by atoms with E-state index in [-0.39, 0.29) is 11.4 Å². The van der Waals surface area contributed by atoms with E-state index in [0.29, 0.717) is 24.4 Å². The molecule has 3 aromatic rings. The Morgan fingerprint density at radius 1 is 1.24 bits per heavy atom. The second-order valence-corrected chi connectivity index (χ2v) is 5.09. The average Bonchev–Trinajstić information content (AvgIpc) is 3.04. The molecular formula is C14H13ClF2N4. The molecular weight excluding hydrogens is 298 g/mol. The lowest BCUT2D eigenvalue weighted by Gasteiger charge is -2.08. The molecule has 3 rings (SSSR count). The highest BCUT2D eigenvalue weighted by molar-refractivity contribution is 6.16. The zero-order valence-electron chi connectivity index (χ0n) is 11.4. The SMILES string of the molecule is Cc1cnn(CCn2c(CCl)nc3ccc(F)c(F)c32)c1. The second-order valence-electron chi connectivity index (χ2n) is 4.82. The van der Waals surface area contributed by atoms with Gasteiger partial charge in [0.25, 0.3) is 0 Å². The van der Waals surface area contributed by atoms with Gasteiger partial charge in [0.15, 0.2) is 11.6 Å². The fourth-order valence-corrected chi connectivity index (χ4v) is 2.54. The van der Waals surface area contributed by atoms with Crippen LogP contribution >= 0.6 is 11.6 Å². The number of halogens is 3. The van der Waals surface area contributed by atoms with Crippen LogP contribution in [0, 0.1) is 18.6 Å². The van der Waals surface area contributed by atoms with Crippen molar-refractivity contribution in [2.45, 2.75) is 25.9 Å². The van der Waals surface area contributed by atoms with E-state index in [0.717, 1.165) is 11.6 Å². The summed E-state index contributed by atoms with van der Waals surface area (Å²) >= 11 is 5.86. The highest BCUT2D eigenvalue weighted by Gasteiger charge is 2.16. The van der Waals surface area contributed by atoms with E-state index < -0.39 is 11.6 Å². The molecule has 0 spiro atoms.